The van der Waals surface area contributed by atoms with Gasteiger partial charge in [-0.15, -0.1) is 0 Å². The lowest BCUT2D eigenvalue weighted by Crippen LogP contribution is -2.20. The first kappa shape index (κ1) is 10.9. The summed E-state index contributed by atoms with van der Waals surface area (Å²) in [6, 6.07) is 5.48. The molecule has 0 amide bonds. The molecule has 2 rings (SSSR count). The van der Waals surface area contributed by atoms with Crippen LogP contribution in [0.3, 0.4) is 0 Å². The maximum Gasteiger partial charge on any atom is 0.356 e. The van der Waals surface area contributed by atoms with E-state index in [2.05, 4.69) is 9.88 Å². The second-order valence-electron chi connectivity index (χ2n) is 3.80. The molecule has 0 aliphatic carbocycles. The molecule has 0 unspecified atom stereocenters. The van der Waals surface area contributed by atoms with Crippen molar-refractivity contribution in [3.8, 4) is 0 Å². The van der Waals surface area contributed by atoms with Crippen molar-refractivity contribution in [2.45, 2.75) is 19.8 Å². The molecule has 4 heteroatoms. The molecule has 0 N–H and O–H groups in total. The number of rotatable bonds is 3. The molecule has 1 aliphatic rings. The van der Waals surface area contributed by atoms with E-state index in [1.54, 1.807) is 13.0 Å². The summed E-state index contributed by atoms with van der Waals surface area (Å²) in [5.74, 6) is 0.534. The van der Waals surface area contributed by atoms with Crippen LogP contribution in [0, 0.1) is 0 Å². The summed E-state index contributed by atoms with van der Waals surface area (Å²) >= 11 is 0. The number of nitrogens with zero attached hydrogens (tertiary/aromatic N) is 2. The largest absolute Gasteiger partial charge is 0.461 e. The molecule has 16 heavy (non-hydrogen) atoms. The Hall–Kier alpha value is -1.58. The van der Waals surface area contributed by atoms with Gasteiger partial charge in [-0.05, 0) is 31.9 Å². The Balaban J connectivity index is 2.15. The van der Waals surface area contributed by atoms with E-state index >= 15 is 0 Å². The standard InChI is InChI=1S/C12H16N2O2/c1-2-16-12(15)10-6-5-7-11(13-10)14-8-3-4-9-14/h5-7H,2-4,8-9H2,1H3. The van der Waals surface area contributed by atoms with Crippen LogP contribution in [-0.2, 0) is 4.74 Å². The summed E-state index contributed by atoms with van der Waals surface area (Å²) in [5, 5.41) is 0. The van der Waals surface area contributed by atoms with Gasteiger partial charge in [0.1, 0.15) is 5.82 Å². The first-order chi connectivity index (χ1) is 7.81. The monoisotopic (exact) mass is 220 g/mol. The third-order valence-electron chi connectivity index (χ3n) is 2.65. The molecule has 1 fully saturated rings. The van der Waals surface area contributed by atoms with E-state index < -0.39 is 0 Å². The highest BCUT2D eigenvalue weighted by molar-refractivity contribution is 5.87. The van der Waals surface area contributed by atoms with Crippen molar-refractivity contribution in [3.63, 3.8) is 0 Å². The van der Waals surface area contributed by atoms with Gasteiger partial charge in [-0.1, -0.05) is 6.07 Å². The van der Waals surface area contributed by atoms with E-state index in [0.29, 0.717) is 12.3 Å². The minimum atomic E-state index is -0.344. The molecule has 0 bridgehead atoms. The molecule has 1 saturated heterocycles. The Bertz CT molecular complexity index is 373. The highest BCUT2D eigenvalue weighted by atomic mass is 16.5. The normalized spacial score (nSPS) is 15.2. The van der Waals surface area contributed by atoms with Gasteiger partial charge in [0, 0.05) is 13.1 Å². The molecule has 1 aromatic heterocycles. The second-order valence-corrected chi connectivity index (χ2v) is 3.80. The zero-order chi connectivity index (χ0) is 11.4. The van der Waals surface area contributed by atoms with Gasteiger partial charge in [-0.2, -0.15) is 0 Å². The third-order valence-corrected chi connectivity index (χ3v) is 2.65. The number of hydrogen-bond acceptors (Lipinski definition) is 4. The second kappa shape index (κ2) is 4.96. The summed E-state index contributed by atoms with van der Waals surface area (Å²) in [6.07, 6.45) is 2.40. The zero-order valence-electron chi connectivity index (χ0n) is 9.48. The van der Waals surface area contributed by atoms with Gasteiger partial charge in [0.05, 0.1) is 6.61 Å². The quantitative estimate of drug-likeness (QED) is 0.729. The summed E-state index contributed by atoms with van der Waals surface area (Å²) in [7, 11) is 0. The van der Waals surface area contributed by atoms with Crippen molar-refractivity contribution in [1.29, 1.82) is 0 Å². The number of anilines is 1. The molecule has 0 radical (unpaired) electrons. The van der Waals surface area contributed by atoms with Gasteiger partial charge in [0.2, 0.25) is 0 Å². The van der Waals surface area contributed by atoms with Crippen molar-refractivity contribution in [3.05, 3.63) is 23.9 Å². The van der Waals surface area contributed by atoms with Crippen LogP contribution in [0.1, 0.15) is 30.3 Å². The van der Waals surface area contributed by atoms with Crippen molar-refractivity contribution in [2.24, 2.45) is 0 Å². The van der Waals surface area contributed by atoms with Crippen molar-refractivity contribution in [1.82, 2.24) is 4.98 Å². The van der Waals surface area contributed by atoms with Crippen LogP contribution in [0.25, 0.3) is 0 Å². The van der Waals surface area contributed by atoms with Crippen LogP contribution in [0.2, 0.25) is 0 Å². The van der Waals surface area contributed by atoms with Crippen LogP contribution in [0.15, 0.2) is 18.2 Å². The Morgan fingerprint density at radius 2 is 2.19 bits per heavy atom. The van der Waals surface area contributed by atoms with Gasteiger partial charge in [0.15, 0.2) is 5.69 Å². The van der Waals surface area contributed by atoms with Crippen LogP contribution >= 0.6 is 0 Å². The summed E-state index contributed by atoms with van der Waals surface area (Å²) in [5.41, 5.74) is 0.395. The van der Waals surface area contributed by atoms with Gasteiger partial charge < -0.3 is 9.64 Å². The molecule has 86 valence electrons. The molecule has 1 aromatic rings. The van der Waals surface area contributed by atoms with E-state index in [9.17, 15) is 4.79 Å². The van der Waals surface area contributed by atoms with E-state index in [1.165, 1.54) is 12.8 Å². The molecule has 1 aliphatic heterocycles. The van der Waals surface area contributed by atoms with Gasteiger partial charge in [0.25, 0.3) is 0 Å². The topological polar surface area (TPSA) is 42.4 Å². The highest BCUT2D eigenvalue weighted by Crippen LogP contribution is 2.17. The maximum atomic E-state index is 11.5. The first-order valence-electron chi connectivity index (χ1n) is 5.70. The fourth-order valence-corrected chi connectivity index (χ4v) is 1.86. The van der Waals surface area contributed by atoms with Gasteiger partial charge >= 0.3 is 5.97 Å². The fraction of sp³-hybridized carbons (Fsp3) is 0.500. The van der Waals surface area contributed by atoms with E-state index in [1.807, 2.05) is 12.1 Å². The molecule has 0 spiro atoms. The Morgan fingerprint density at radius 3 is 2.88 bits per heavy atom. The molecular weight excluding hydrogens is 204 g/mol. The number of ether oxygens (including phenoxy) is 1. The minimum absolute atomic E-state index is 0.344. The number of pyridine rings is 1. The predicted molar refractivity (Wildman–Crippen MR) is 61.6 cm³/mol. The smallest absolute Gasteiger partial charge is 0.356 e. The van der Waals surface area contributed by atoms with Crippen molar-refractivity contribution in [2.75, 3.05) is 24.6 Å². The molecule has 0 saturated carbocycles. The fourth-order valence-electron chi connectivity index (χ4n) is 1.86. The number of carbonyl (C=O) groups excluding carboxylic acids is 1. The van der Waals surface area contributed by atoms with Crippen molar-refractivity contribution < 1.29 is 9.53 Å². The molecule has 4 nitrogen and oxygen atoms in total. The van der Waals surface area contributed by atoms with E-state index in [-0.39, 0.29) is 5.97 Å². The molecule has 0 atom stereocenters. The lowest BCUT2D eigenvalue weighted by Gasteiger charge is -2.16. The lowest BCUT2D eigenvalue weighted by molar-refractivity contribution is 0.0519. The highest BCUT2D eigenvalue weighted by Gasteiger charge is 2.15. The molecular formula is C12H16N2O2. The summed E-state index contributed by atoms with van der Waals surface area (Å²) < 4.78 is 4.93. The zero-order valence-corrected chi connectivity index (χ0v) is 9.48. The SMILES string of the molecule is CCOC(=O)c1cccc(N2CCCC2)n1. The Labute approximate surface area is 95.2 Å². The third kappa shape index (κ3) is 2.32. The minimum Gasteiger partial charge on any atom is -0.461 e. The predicted octanol–water partition coefficient (Wildman–Crippen LogP) is 1.86. The Morgan fingerprint density at radius 1 is 1.44 bits per heavy atom. The maximum absolute atomic E-state index is 11.5. The van der Waals surface area contributed by atoms with Crippen LogP contribution in [0.4, 0.5) is 5.82 Å². The number of carbonyl (C=O) groups is 1. The molecule has 0 aromatic carbocycles. The average molecular weight is 220 g/mol. The van der Waals surface area contributed by atoms with Gasteiger partial charge in [-0.25, -0.2) is 9.78 Å². The number of hydrogen-bond donors (Lipinski definition) is 0. The average Bonchev–Trinajstić information content (AvgIpc) is 2.83. The molecule has 2 heterocycles. The lowest BCUT2D eigenvalue weighted by atomic mass is 10.3. The van der Waals surface area contributed by atoms with Gasteiger partial charge in [-0.3, -0.25) is 0 Å². The van der Waals surface area contributed by atoms with Crippen LogP contribution < -0.4 is 4.90 Å². The van der Waals surface area contributed by atoms with E-state index in [4.69, 9.17) is 4.74 Å². The first-order valence-corrected chi connectivity index (χ1v) is 5.70. The van der Waals surface area contributed by atoms with Crippen LogP contribution in [0.5, 0.6) is 0 Å². The summed E-state index contributed by atoms with van der Waals surface area (Å²) in [6.45, 7) is 4.23. The number of esters is 1. The summed E-state index contributed by atoms with van der Waals surface area (Å²) in [4.78, 5) is 18.0. The van der Waals surface area contributed by atoms with Crippen molar-refractivity contribution >= 4 is 11.8 Å². The Kier molecular flexibility index (Phi) is 3.39. The number of aromatic nitrogens is 1. The van der Waals surface area contributed by atoms with E-state index in [0.717, 1.165) is 18.9 Å². The van der Waals surface area contributed by atoms with Crippen LogP contribution in [-0.4, -0.2) is 30.6 Å².